The number of nitrogens with zero attached hydrogens (tertiary/aromatic N) is 1. The van der Waals surface area contributed by atoms with Crippen molar-refractivity contribution < 1.29 is 14.0 Å². The zero-order chi connectivity index (χ0) is 18.7. The predicted octanol–water partition coefficient (Wildman–Crippen LogP) is 3.17. The lowest BCUT2D eigenvalue weighted by atomic mass is 9.94. The van der Waals surface area contributed by atoms with E-state index in [1.807, 2.05) is 4.90 Å². The van der Waals surface area contributed by atoms with Crippen molar-refractivity contribution >= 4 is 29.1 Å². The molecule has 2 amide bonds. The molecule has 1 saturated carbocycles. The summed E-state index contributed by atoms with van der Waals surface area (Å²) in [6.07, 6.45) is 4.92. The van der Waals surface area contributed by atoms with Crippen LogP contribution in [0.1, 0.15) is 38.5 Å². The van der Waals surface area contributed by atoms with Crippen LogP contribution >= 0.6 is 11.6 Å². The van der Waals surface area contributed by atoms with E-state index in [2.05, 4.69) is 5.32 Å². The van der Waals surface area contributed by atoms with E-state index in [1.54, 1.807) is 0 Å². The molecule has 0 radical (unpaired) electrons. The Kier molecular flexibility index (Phi) is 6.14. The number of halogens is 2. The third-order valence-electron chi connectivity index (χ3n) is 5.56. The Bertz CT molecular complexity index is 677. The molecule has 3 N–H and O–H groups in total. The highest BCUT2D eigenvalue weighted by molar-refractivity contribution is 6.31. The number of benzene rings is 1. The van der Waals surface area contributed by atoms with Gasteiger partial charge in [-0.2, -0.15) is 0 Å². The van der Waals surface area contributed by atoms with Crippen molar-refractivity contribution in [3.05, 3.63) is 29.0 Å². The molecule has 142 valence electrons. The van der Waals surface area contributed by atoms with Gasteiger partial charge in [-0.1, -0.05) is 18.0 Å². The fourth-order valence-corrected chi connectivity index (χ4v) is 4.06. The maximum Gasteiger partial charge on any atom is 0.227 e. The van der Waals surface area contributed by atoms with Gasteiger partial charge in [-0.3, -0.25) is 9.59 Å². The molecule has 1 aliphatic carbocycles. The highest BCUT2D eigenvalue weighted by Crippen LogP contribution is 2.28. The molecule has 1 aromatic rings. The molecule has 0 unspecified atom stereocenters. The molecule has 26 heavy (non-hydrogen) atoms. The summed E-state index contributed by atoms with van der Waals surface area (Å²) in [7, 11) is 0. The van der Waals surface area contributed by atoms with Gasteiger partial charge in [-0.15, -0.1) is 0 Å². The van der Waals surface area contributed by atoms with Gasteiger partial charge in [-0.05, 0) is 49.8 Å². The molecule has 1 heterocycles. The van der Waals surface area contributed by atoms with Crippen LogP contribution in [0.15, 0.2) is 18.2 Å². The molecule has 1 aromatic carbocycles. The van der Waals surface area contributed by atoms with Gasteiger partial charge in [0, 0.05) is 37.2 Å². The Balaban J connectivity index is 1.47. The van der Waals surface area contributed by atoms with Gasteiger partial charge in [-0.25, -0.2) is 4.39 Å². The van der Waals surface area contributed by atoms with Gasteiger partial charge >= 0.3 is 0 Å². The summed E-state index contributed by atoms with van der Waals surface area (Å²) in [5.41, 5.74) is 6.54. The van der Waals surface area contributed by atoms with Crippen molar-refractivity contribution in [1.82, 2.24) is 4.90 Å². The normalized spacial score (nSPS) is 23.9. The average Bonchev–Trinajstić information content (AvgIpc) is 3.03. The number of hydrogen-bond donors (Lipinski definition) is 2. The minimum atomic E-state index is -0.515. The predicted molar refractivity (Wildman–Crippen MR) is 99.3 cm³/mol. The standard InChI is InChI=1S/C19H25ClFN3O2/c20-15-11-14(4-5-16(15)21)23-19(26)12-6-8-24(9-7-12)18(25)10-13-2-1-3-17(13)22/h4-5,11-13,17H,1-3,6-10,22H2,(H,23,26)/t13-,17+/m0/s1. The third kappa shape index (κ3) is 4.54. The molecule has 5 nitrogen and oxygen atoms in total. The number of piperidine rings is 1. The van der Waals surface area contributed by atoms with Crippen LogP contribution in [0.2, 0.25) is 5.02 Å². The number of carbonyl (C=O) groups is 2. The van der Waals surface area contributed by atoms with Crippen molar-refractivity contribution in [2.24, 2.45) is 17.6 Å². The van der Waals surface area contributed by atoms with Gasteiger partial charge in [0.25, 0.3) is 0 Å². The first-order valence-corrected chi connectivity index (χ1v) is 9.61. The molecule has 0 aromatic heterocycles. The largest absolute Gasteiger partial charge is 0.343 e. The fraction of sp³-hybridized carbons (Fsp3) is 0.579. The molecule has 1 aliphatic heterocycles. The number of carbonyl (C=O) groups excluding carboxylic acids is 2. The highest BCUT2D eigenvalue weighted by Gasteiger charge is 2.31. The second-order valence-corrected chi connectivity index (χ2v) is 7.74. The molecule has 7 heteroatoms. The van der Waals surface area contributed by atoms with Gasteiger partial charge in [0.1, 0.15) is 5.82 Å². The second-order valence-electron chi connectivity index (χ2n) is 7.33. The lowest BCUT2D eigenvalue weighted by Gasteiger charge is -2.32. The number of nitrogens with one attached hydrogen (secondary N) is 1. The molecule has 0 spiro atoms. The van der Waals surface area contributed by atoms with Crippen molar-refractivity contribution in [3.8, 4) is 0 Å². The Morgan fingerprint density at radius 1 is 1.23 bits per heavy atom. The Morgan fingerprint density at radius 3 is 2.58 bits per heavy atom. The van der Waals surface area contributed by atoms with Crippen LogP contribution in [0.4, 0.5) is 10.1 Å². The Hall–Kier alpha value is -1.66. The minimum Gasteiger partial charge on any atom is -0.343 e. The van der Waals surface area contributed by atoms with E-state index < -0.39 is 5.82 Å². The van der Waals surface area contributed by atoms with Gasteiger partial charge in [0.2, 0.25) is 11.8 Å². The van der Waals surface area contributed by atoms with Gasteiger partial charge in [0.15, 0.2) is 0 Å². The first kappa shape index (κ1) is 19.1. The minimum absolute atomic E-state index is 0.0201. The summed E-state index contributed by atoms with van der Waals surface area (Å²) >= 11 is 5.74. The second kappa shape index (κ2) is 8.35. The van der Waals surface area contributed by atoms with Gasteiger partial charge in [0.05, 0.1) is 5.02 Å². The number of amides is 2. The number of anilines is 1. The summed E-state index contributed by atoms with van der Waals surface area (Å²) in [5.74, 6) is -0.337. The van der Waals surface area contributed by atoms with Crippen LogP contribution in [-0.2, 0) is 9.59 Å². The molecule has 1 saturated heterocycles. The van der Waals surface area contributed by atoms with Crippen molar-refractivity contribution in [2.75, 3.05) is 18.4 Å². The smallest absolute Gasteiger partial charge is 0.227 e. The molecule has 2 aliphatic rings. The van der Waals surface area contributed by atoms with E-state index in [1.165, 1.54) is 18.2 Å². The fourth-order valence-electron chi connectivity index (χ4n) is 3.88. The Morgan fingerprint density at radius 2 is 1.96 bits per heavy atom. The van der Waals surface area contributed by atoms with E-state index in [0.717, 1.165) is 19.3 Å². The monoisotopic (exact) mass is 381 g/mol. The number of likely N-dealkylation sites (tertiary alicyclic amines) is 1. The zero-order valence-electron chi connectivity index (χ0n) is 14.7. The van der Waals surface area contributed by atoms with Crippen LogP contribution in [-0.4, -0.2) is 35.8 Å². The van der Waals surface area contributed by atoms with E-state index in [-0.39, 0.29) is 28.8 Å². The van der Waals surface area contributed by atoms with Crippen molar-refractivity contribution in [1.29, 1.82) is 0 Å². The summed E-state index contributed by atoms with van der Waals surface area (Å²) < 4.78 is 13.2. The van der Waals surface area contributed by atoms with Crippen molar-refractivity contribution in [3.63, 3.8) is 0 Å². The number of nitrogens with two attached hydrogens (primary N) is 1. The summed E-state index contributed by atoms with van der Waals surface area (Å²) in [4.78, 5) is 26.7. The lowest BCUT2D eigenvalue weighted by Crippen LogP contribution is -2.42. The SMILES string of the molecule is N[C@@H]1CCC[C@H]1CC(=O)N1CCC(C(=O)Nc2ccc(F)c(Cl)c2)CC1. The highest BCUT2D eigenvalue weighted by atomic mass is 35.5. The van der Waals surface area contributed by atoms with Crippen LogP contribution in [0.25, 0.3) is 0 Å². The maximum atomic E-state index is 13.2. The number of hydrogen-bond acceptors (Lipinski definition) is 3. The van der Waals surface area contributed by atoms with E-state index in [4.69, 9.17) is 17.3 Å². The molecule has 2 fully saturated rings. The first-order chi connectivity index (χ1) is 12.4. The molecular formula is C19H25ClFN3O2. The van der Waals surface area contributed by atoms with Gasteiger partial charge < -0.3 is 16.0 Å². The quantitative estimate of drug-likeness (QED) is 0.841. The van der Waals surface area contributed by atoms with Crippen molar-refractivity contribution in [2.45, 2.75) is 44.6 Å². The van der Waals surface area contributed by atoms with Crippen LogP contribution in [0.3, 0.4) is 0 Å². The molecule has 2 atom stereocenters. The average molecular weight is 382 g/mol. The maximum absolute atomic E-state index is 13.2. The molecular weight excluding hydrogens is 357 g/mol. The number of rotatable bonds is 4. The first-order valence-electron chi connectivity index (χ1n) is 9.23. The topological polar surface area (TPSA) is 75.4 Å². The zero-order valence-corrected chi connectivity index (χ0v) is 15.5. The Labute approximate surface area is 158 Å². The lowest BCUT2D eigenvalue weighted by molar-refractivity contribution is -0.135. The summed E-state index contributed by atoms with van der Waals surface area (Å²) in [6.45, 7) is 1.17. The van der Waals surface area contributed by atoms with Crippen LogP contribution in [0, 0.1) is 17.7 Å². The summed E-state index contributed by atoms with van der Waals surface area (Å²) in [6, 6.07) is 4.26. The molecule has 0 bridgehead atoms. The van der Waals surface area contributed by atoms with E-state index >= 15 is 0 Å². The van der Waals surface area contributed by atoms with Crippen LogP contribution < -0.4 is 11.1 Å². The van der Waals surface area contributed by atoms with Crippen LogP contribution in [0.5, 0.6) is 0 Å². The van der Waals surface area contributed by atoms with E-state index in [9.17, 15) is 14.0 Å². The third-order valence-corrected chi connectivity index (χ3v) is 5.85. The van der Waals surface area contributed by atoms with E-state index in [0.29, 0.717) is 44.0 Å². The summed E-state index contributed by atoms with van der Waals surface area (Å²) in [5, 5.41) is 2.76. The molecule has 3 rings (SSSR count).